The van der Waals surface area contributed by atoms with E-state index in [0.717, 1.165) is 35.1 Å². The third-order valence-electron chi connectivity index (χ3n) is 5.41. The van der Waals surface area contributed by atoms with Crippen LogP contribution in [0.4, 0.5) is 5.00 Å². The molecule has 1 aromatic carbocycles. The van der Waals surface area contributed by atoms with Crippen molar-refractivity contribution in [3.63, 3.8) is 0 Å². The average molecular weight is 474 g/mol. The third-order valence-corrected chi connectivity index (χ3v) is 6.80. The number of carbonyl (C=O) groups excluding carboxylic acids is 2. The monoisotopic (exact) mass is 473 g/mol. The van der Waals surface area contributed by atoms with E-state index in [4.69, 9.17) is 25.5 Å². The summed E-state index contributed by atoms with van der Waals surface area (Å²) in [4.78, 5) is 26.4. The van der Waals surface area contributed by atoms with Gasteiger partial charge in [-0.25, -0.2) is 4.79 Å². The first-order valence-electron chi connectivity index (χ1n) is 10.5. The third kappa shape index (κ3) is 4.54. The molecule has 1 aliphatic rings. The first kappa shape index (κ1) is 22.4. The highest BCUT2D eigenvalue weighted by atomic mass is 35.5. The van der Waals surface area contributed by atoms with Gasteiger partial charge in [0.15, 0.2) is 11.3 Å². The van der Waals surface area contributed by atoms with Crippen LogP contribution in [0.1, 0.15) is 46.8 Å². The molecule has 2 aromatic heterocycles. The van der Waals surface area contributed by atoms with Crippen LogP contribution in [0.3, 0.4) is 0 Å². The van der Waals surface area contributed by atoms with Crippen LogP contribution in [-0.4, -0.2) is 25.6 Å². The molecule has 1 atom stereocenters. The maximum atomic E-state index is 12.7. The van der Waals surface area contributed by atoms with E-state index in [1.165, 1.54) is 17.4 Å². The number of rotatable bonds is 6. The van der Waals surface area contributed by atoms with Gasteiger partial charge in [-0.1, -0.05) is 18.5 Å². The lowest BCUT2D eigenvalue weighted by molar-refractivity contribution is -0.111. The maximum Gasteiger partial charge on any atom is 0.341 e. The lowest BCUT2D eigenvalue weighted by atomic mass is 9.88. The molecule has 1 amide bonds. The fourth-order valence-electron chi connectivity index (χ4n) is 3.91. The van der Waals surface area contributed by atoms with Gasteiger partial charge in [0.2, 0.25) is 5.91 Å². The van der Waals surface area contributed by atoms with Gasteiger partial charge in [0, 0.05) is 27.4 Å². The SMILES string of the molecule is CCOC(=O)c1c(NC(=O)C=Cc2cc3cc(Cl)cc(OC)c3o2)sc2c1CCC(C)C2. The minimum atomic E-state index is -0.389. The van der Waals surface area contributed by atoms with Gasteiger partial charge in [0.1, 0.15) is 10.8 Å². The van der Waals surface area contributed by atoms with E-state index in [2.05, 4.69) is 12.2 Å². The Hall–Kier alpha value is -2.77. The van der Waals surface area contributed by atoms with Crippen LogP contribution in [0.25, 0.3) is 17.0 Å². The number of ether oxygens (including phenoxy) is 2. The molecule has 4 rings (SSSR count). The van der Waals surface area contributed by atoms with Crippen molar-refractivity contribution in [2.24, 2.45) is 5.92 Å². The molecule has 0 spiro atoms. The number of fused-ring (bicyclic) bond motifs is 2. The standard InChI is InChI=1S/C24H24ClNO5S/c1-4-30-24(28)21-17-7-5-13(2)9-19(17)32-23(21)26-20(27)8-6-16-11-14-10-15(25)12-18(29-3)22(14)31-16/h6,8,10-13H,4-5,7,9H2,1-3H3,(H,26,27). The highest BCUT2D eigenvalue weighted by Crippen LogP contribution is 2.40. The molecule has 168 valence electrons. The Kier molecular flexibility index (Phi) is 6.58. The zero-order chi connectivity index (χ0) is 22.8. The Labute approximate surface area is 195 Å². The molecule has 0 bridgehead atoms. The van der Waals surface area contributed by atoms with Gasteiger partial charge in [-0.2, -0.15) is 0 Å². The molecule has 1 unspecified atom stereocenters. The lowest BCUT2D eigenvalue weighted by Crippen LogP contribution is -2.15. The van der Waals surface area contributed by atoms with Crippen molar-refractivity contribution in [3.05, 3.63) is 51.1 Å². The second kappa shape index (κ2) is 9.38. The Morgan fingerprint density at radius 1 is 1.34 bits per heavy atom. The van der Waals surface area contributed by atoms with Crippen LogP contribution in [0, 0.1) is 5.92 Å². The van der Waals surface area contributed by atoms with Gasteiger partial charge in [-0.05, 0) is 55.9 Å². The van der Waals surface area contributed by atoms with Gasteiger partial charge in [-0.15, -0.1) is 11.3 Å². The molecule has 0 saturated heterocycles. The number of thiophene rings is 1. The summed E-state index contributed by atoms with van der Waals surface area (Å²) in [5.74, 6) is 0.820. The zero-order valence-corrected chi connectivity index (χ0v) is 19.7. The summed E-state index contributed by atoms with van der Waals surface area (Å²) in [7, 11) is 1.54. The van der Waals surface area contributed by atoms with Crippen LogP contribution in [-0.2, 0) is 22.4 Å². The molecule has 1 aliphatic carbocycles. The molecule has 0 fully saturated rings. The topological polar surface area (TPSA) is 77.8 Å². The number of halogens is 1. The summed E-state index contributed by atoms with van der Waals surface area (Å²) in [6.45, 7) is 4.26. The van der Waals surface area contributed by atoms with Gasteiger partial charge in [-0.3, -0.25) is 4.79 Å². The van der Waals surface area contributed by atoms with Crippen LogP contribution in [0.2, 0.25) is 5.02 Å². The first-order chi connectivity index (χ1) is 15.4. The van der Waals surface area contributed by atoms with Gasteiger partial charge in [0.05, 0.1) is 19.3 Å². The number of amides is 1. The number of carbonyl (C=O) groups is 2. The smallest absolute Gasteiger partial charge is 0.341 e. The van der Waals surface area contributed by atoms with E-state index < -0.39 is 0 Å². The van der Waals surface area contributed by atoms with Crippen molar-refractivity contribution in [2.75, 3.05) is 19.0 Å². The molecule has 0 saturated carbocycles. The number of methoxy groups -OCH3 is 1. The number of esters is 1. The fraction of sp³-hybridized carbons (Fsp3) is 0.333. The molecular weight excluding hydrogens is 450 g/mol. The zero-order valence-electron chi connectivity index (χ0n) is 18.1. The largest absolute Gasteiger partial charge is 0.493 e. The summed E-state index contributed by atoms with van der Waals surface area (Å²) in [5, 5.41) is 4.71. The van der Waals surface area contributed by atoms with Crippen molar-refractivity contribution in [1.82, 2.24) is 0 Å². The summed E-state index contributed by atoms with van der Waals surface area (Å²) >= 11 is 7.56. The second-order valence-electron chi connectivity index (χ2n) is 7.77. The molecule has 0 aliphatic heterocycles. The van der Waals surface area contributed by atoms with Crippen LogP contribution in [0.5, 0.6) is 5.75 Å². The second-order valence-corrected chi connectivity index (χ2v) is 9.32. The molecule has 8 heteroatoms. The molecule has 32 heavy (non-hydrogen) atoms. The normalized spacial score (nSPS) is 15.7. The predicted octanol–water partition coefficient (Wildman–Crippen LogP) is 6.11. The van der Waals surface area contributed by atoms with E-state index in [9.17, 15) is 9.59 Å². The van der Waals surface area contributed by atoms with Crippen molar-refractivity contribution in [2.45, 2.75) is 33.1 Å². The Bertz CT molecular complexity index is 1210. The van der Waals surface area contributed by atoms with Crippen molar-refractivity contribution in [1.29, 1.82) is 0 Å². The fourth-order valence-corrected chi connectivity index (χ4v) is 5.53. The van der Waals surface area contributed by atoms with E-state index >= 15 is 0 Å². The van der Waals surface area contributed by atoms with Crippen LogP contribution >= 0.6 is 22.9 Å². The molecule has 6 nitrogen and oxygen atoms in total. The van der Waals surface area contributed by atoms with E-state index in [0.29, 0.717) is 38.6 Å². The lowest BCUT2D eigenvalue weighted by Gasteiger charge is -2.18. The highest BCUT2D eigenvalue weighted by Gasteiger charge is 2.28. The Morgan fingerprint density at radius 3 is 2.91 bits per heavy atom. The minimum absolute atomic E-state index is 0.284. The quantitative estimate of drug-likeness (QED) is 0.345. The number of nitrogens with one attached hydrogen (secondary N) is 1. The summed E-state index contributed by atoms with van der Waals surface area (Å²) in [5.41, 5.74) is 2.05. The van der Waals surface area contributed by atoms with Crippen molar-refractivity contribution < 1.29 is 23.5 Å². The van der Waals surface area contributed by atoms with Gasteiger partial charge < -0.3 is 19.2 Å². The van der Waals surface area contributed by atoms with Gasteiger partial charge >= 0.3 is 5.97 Å². The molecule has 1 N–H and O–H groups in total. The summed E-state index contributed by atoms with van der Waals surface area (Å²) in [6.07, 6.45) is 5.69. The first-order valence-corrected chi connectivity index (χ1v) is 11.7. The van der Waals surface area contributed by atoms with Crippen molar-refractivity contribution in [3.8, 4) is 5.75 Å². The number of anilines is 1. The maximum absolute atomic E-state index is 12.7. The van der Waals surface area contributed by atoms with Crippen LogP contribution in [0.15, 0.2) is 28.7 Å². The summed E-state index contributed by atoms with van der Waals surface area (Å²) < 4.78 is 16.4. The number of benzene rings is 1. The van der Waals surface area contributed by atoms with Crippen LogP contribution < -0.4 is 10.1 Å². The number of hydrogen-bond acceptors (Lipinski definition) is 6. The number of hydrogen-bond donors (Lipinski definition) is 1. The van der Waals surface area contributed by atoms with E-state index in [1.54, 1.807) is 38.3 Å². The number of furan rings is 1. The molecule has 0 radical (unpaired) electrons. The molecular formula is C24H24ClNO5S. The highest BCUT2D eigenvalue weighted by molar-refractivity contribution is 7.17. The van der Waals surface area contributed by atoms with E-state index in [1.807, 2.05) is 0 Å². The molecule has 2 heterocycles. The Morgan fingerprint density at radius 2 is 2.16 bits per heavy atom. The molecule has 3 aromatic rings. The van der Waals surface area contributed by atoms with Gasteiger partial charge in [0.25, 0.3) is 0 Å². The Balaban J connectivity index is 1.57. The average Bonchev–Trinajstić information content (AvgIpc) is 3.31. The minimum Gasteiger partial charge on any atom is -0.493 e. The predicted molar refractivity (Wildman–Crippen MR) is 127 cm³/mol. The van der Waals surface area contributed by atoms with E-state index in [-0.39, 0.29) is 18.5 Å². The summed E-state index contributed by atoms with van der Waals surface area (Å²) in [6, 6.07) is 5.22. The van der Waals surface area contributed by atoms with Crippen molar-refractivity contribution >= 4 is 56.9 Å².